The fourth-order valence-corrected chi connectivity index (χ4v) is 2.49. The van der Waals surface area contributed by atoms with Gasteiger partial charge in [0.1, 0.15) is 6.54 Å². The summed E-state index contributed by atoms with van der Waals surface area (Å²) in [7, 11) is 0. The Kier molecular flexibility index (Phi) is 4.39. The number of benzene rings is 1. The second-order valence-electron chi connectivity index (χ2n) is 5.36. The van der Waals surface area contributed by atoms with Gasteiger partial charge in [-0.2, -0.15) is 0 Å². The Labute approximate surface area is 118 Å². The molecule has 1 aliphatic rings. The average Bonchev–Trinajstić information content (AvgIpc) is 2.43. The van der Waals surface area contributed by atoms with Crippen molar-refractivity contribution in [3.8, 4) is 0 Å². The van der Waals surface area contributed by atoms with E-state index in [0.717, 1.165) is 5.56 Å². The number of rotatable bonds is 4. The number of amides is 1. The second-order valence-corrected chi connectivity index (χ2v) is 5.36. The van der Waals surface area contributed by atoms with Crippen molar-refractivity contribution in [1.82, 2.24) is 10.2 Å². The fraction of sp³-hybridized carbons (Fsp3) is 0.467. The normalized spacial score (nSPS) is 17.6. The zero-order valence-corrected chi connectivity index (χ0v) is 11.8. The number of carbonyl (C=O) groups is 2. The van der Waals surface area contributed by atoms with Crippen LogP contribution in [0, 0.1) is 0 Å². The molecule has 2 rings (SSSR count). The maximum atomic E-state index is 12.5. The van der Waals surface area contributed by atoms with Crippen LogP contribution in [0.2, 0.25) is 0 Å². The zero-order chi connectivity index (χ0) is 14.7. The maximum Gasteiger partial charge on any atom is 0.323 e. The van der Waals surface area contributed by atoms with Gasteiger partial charge in [0.2, 0.25) is 5.91 Å². The number of carboxylic acids is 1. The van der Waals surface area contributed by atoms with Gasteiger partial charge < -0.3 is 15.3 Å². The molecular weight excluding hydrogens is 256 g/mol. The van der Waals surface area contributed by atoms with Crippen LogP contribution in [-0.4, -0.2) is 40.5 Å². The Hall–Kier alpha value is -1.88. The van der Waals surface area contributed by atoms with E-state index < -0.39 is 5.97 Å². The van der Waals surface area contributed by atoms with Crippen LogP contribution in [0.3, 0.4) is 0 Å². The number of nitrogens with zero attached hydrogens (tertiary/aromatic N) is 1. The van der Waals surface area contributed by atoms with Crippen LogP contribution in [0.1, 0.15) is 25.0 Å². The van der Waals surface area contributed by atoms with Gasteiger partial charge in [0, 0.05) is 12.6 Å². The minimum Gasteiger partial charge on any atom is -0.480 e. The molecule has 5 nitrogen and oxygen atoms in total. The molecule has 0 aromatic heterocycles. The van der Waals surface area contributed by atoms with Crippen molar-refractivity contribution in [1.29, 1.82) is 0 Å². The van der Waals surface area contributed by atoms with Crippen LogP contribution >= 0.6 is 0 Å². The Balaban J connectivity index is 2.11. The van der Waals surface area contributed by atoms with Crippen molar-refractivity contribution in [2.24, 2.45) is 0 Å². The summed E-state index contributed by atoms with van der Waals surface area (Å²) in [6.45, 7) is 4.05. The molecule has 1 amide bonds. The summed E-state index contributed by atoms with van der Waals surface area (Å²) >= 11 is 0. The molecule has 0 radical (unpaired) electrons. The van der Waals surface area contributed by atoms with Gasteiger partial charge >= 0.3 is 5.97 Å². The lowest BCUT2D eigenvalue weighted by Crippen LogP contribution is -2.52. The van der Waals surface area contributed by atoms with Gasteiger partial charge in [0.05, 0.1) is 6.04 Å². The first-order valence-electron chi connectivity index (χ1n) is 6.81. The predicted molar refractivity (Wildman–Crippen MR) is 75.3 cm³/mol. The van der Waals surface area contributed by atoms with Crippen molar-refractivity contribution in [2.45, 2.75) is 38.9 Å². The molecule has 0 unspecified atom stereocenters. The van der Waals surface area contributed by atoms with Crippen molar-refractivity contribution in [3.63, 3.8) is 0 Å². The van der Waals surface area contributed by atoms with Gasteiger partial charge in [-0.05, 0) is 31.4 Å². The summed E-state index contributed by atoms with van der Waals surface area (Å²) < 4.78 is 0. The molecule has 0 fully saturated rings. The topological polar surface area (TPSA) is 69.6 Å². The van der Waals surface area contributed by atoms with Crippen molar-refractivity contribution >= 4 is 11.9 Å². The molecule has 1 aliphatic heterocycles. The van der Waals surface area contributed by atoms with Crippen molar-refractivity contribution in [3.05, 3.63) is 35.4 Å². The number of hydrogen-bond acceptors (Lipinski definition) is 3. The Morgan fingerprint density at radius 2 is 2.00 bits per heavy atom. The van der Waals surface area contributed by atoms with Crippen LogP contribution < -0.4 is 5.32 Å². The molecule has 0 bridgehead atoms. The molecule has 1 aromatic carbocycles. The highest BCUT2D eigenvalue weighted by Gasteiger charge is 2.30. The van der Waals surface area contributed by atoms with E-state index in [2.05, 4.69) is 5.32 Å². The lowest BCUT2D eigenvalue weighted by molar-refractivity contribution is -0.146. The molecule has 108 valence electrons. The van der Waals surface area contributed by atoms with Gasteiger partial charge in [-0.25, -0.2) is 0 Å². The van der Waals surface area contributed by atoms with E-state index in [4.69, 9.17) is 5.11 Å². The first-order chi connectivity index (χ1) is 9.49. The molecule has 5 heteroatoms. The van der Waals surface area contributed by atoms with Gasteiger partial charge in [-0.3, -0.25) is 9.59 Å². The monoisotopic (exact) mass is 276 g/mol. The summed E-state index contributed by atoms with van der Waals surface area (Å²) in [6.07, 6.45) is 0.609. The molecule has 0 aliphatic carbocycles. The molecule has 2 N–H and O–H groups in total. The predicted octanol–water partition coefficient (Wildman–Crippen LogP) is 1.02. The lowest BCUT2D eigenvalue weighted by atomic mass is 9.95. The van der Waals surface area contributed by atoms with Gasteiger partial charge in [0.25, 0.3) is 0 Å². The fourth-order valence-electron chi connectivity index (χ4n) is 2.49. The average molecular weight is 276 g/mol. The standard InChI is InChI=1S/C15H20N2O3/c1-10(2)17(9-14(18)19)15(20)13-7-11-5-3-4-6-12(11)8-16-13/h3-6,10,13,16H,7-9H2,1-2H3,(H,18,19)/t13-/m1/s1. The highest BCUT2D eigenvalue weighted by molar-refractivity contribution is 5.86. The largest absolute Gasteiger partial charge is 0.480 e. The van der Waals surface area contributed by atoms with E-state index in [9.17, 15) is 9.59 Å². The van der Waals surface area contributed by atoms with E-state index in [0.29, 0.717) is 13.0 Å². The first kappa shape index (κ1) is 14.5. The van der Waals surface area contributed by atoms with E-state index in [-0.39, 0.29) is 24.5 Å². The van der Waals surface area contributed by atoms with Crippen LogP contribution in [0.4, 0.5) is 0 Å². The first-order valence-corrected chi connectivity index (χ1v) is 6.81. The summed E-state index contributed by atoms with van der Waals surface area (Å²) in [5, 5.41) is 12.1. The third-order valence-corrected chi connectivity index (χ3v) is 3.59. The summed E-state index contributed by atoms with van der Waals surface area (Å²) in [5.41, 5.74) is 2.36. The van der Waals surface area contributed by atoms with Gasteiger partial charge in [-0.15, -0.1) is 0 Å². The molecule has 1 heterocycles. The van der Waals surface area contributed by atoms with E-state index in [1.807, 2.05) is 38.1 Å². The molecular formula is C15H20N2O3. The zero-order valence-electron chi connectivity index (χ0n) is 11.8. The Morgan fingerprint density at radius 3 is 2.60 bits per heavy atom. The van der Waals surface area contributed by atoms with Crippen LogP contribution in [0.5, 0.6) is 0 Å². The molecule has 1 aromatic rings. The molecule has 0 saturated carbocycles. The smallest absolute Gasteiger partial charge is 0.323 e. The van der Waals surface area contributed by atoms with Crippen LogP contribution in [0.15, 0.2) is 24.3 Å². The third-order valence-electron chi connectivity index (χ3n) is 3.59. The van der Waals surface area contributed by atoms with Gasteiger partial charge in [-0.1, -0.05) is 24.3 Å². The van der Waals surface area contributed by atoms with Gasteiger partial charge in [0.15, 0.2) is 0 Å². The Morgan fingerprint density at radius 1 is 1.35 bits per heavy atom. The van der Waals surface area contributed by atoms with E-state index in [1.165, 1.54) is 10.5 Å². The van der Waals surface area contributed by atoms with Crippen LogP contribution in [0.25, 0.3) is 0 Å². The van der Waals surface area contributed by atoms with E-state index in [1.54, 1.807) is 0 Å². The highest BCUT2D eigenvalue weighted by atomic mass is 16.4. The molecule has 0 saturated heterocycles. The molecule has 0 spiro atoms. The maximum absolute atomic E-state index is 12.5. The highest BCUT2D eigenvalue weighted by Crippen LogP contribution is 2.18. The minimum absolute atomic E-state index is 0.127. The summed E-state index contributed by atoms with van der Waals surface area (Å²) in [6, 6.07) is 7.54. The summed E-state index contributed by atoms with van der Waals surface area (Å²) in [4.78, 5) is 24.8. The van der Waals surface area contributed by atoms with Crippen molar-refractivity contribution < 1.29 is 14.7 Å². The summed E-state index contributed by atoms with van der Waals surface area (Å²) in [5.74, 6) is -1.12. The third kappa shape index (κ3) is 3.17. The Bertz CT molecular complexity index is 514. The van der Waals surface area contributed by atoms with E-state index >= 15 is 0 Å². The number of aliphatic carboxylic acids is 1. The number of hydrogen-bond donors (Lipinski definition) is 2. The number of nitrogens with one attached hydrogen (secondary N) is 1. The van der Waals surface area contributed by atoms with Crippen LogP contribution in [-0.2, 0) is 22.6 Å². The quantitative estimate of drug-likeness (QED) is 0.861. The number of carboxylic acid groups (broad SMARTS) is 1. The number of fused-ring (bicyclic) bond motifs is 1. The molecule has 1 atom stereocenters. The van der Waals surface area contributed by atoms with Crippen molar-refractivity contribution in [2.75, 3.05) is 6.54 Å². The minimum atomic E-state index is -0.983. The molecule has 20 heavy (non-hydrogen) atoms. The number of carbonyl (C=O) groups excluding carboxylic acids is 1. The SMILES string of the molecule is CC(C)N(CC(=O)O)C(=O)[C@H]1Cc2ccccc2CN1. The second kappa shape index (κ2) is 6.05. The lowest BCUT2D eigenvalue weighted by Gasteiger charge is -2.32.